The van der Waals surface area contributed by atoms with Crippen LogP contribution in [0.2, 0.25) is 0 Å². The number of aliphatic hydroxyl groups is 1. The molecule has 2 aromatic rings. The first-order chi connectivity index (χ1) is 11.4. The monoisotopic (exact) mass is 345 g/mol. The minimum Gasteiger partial charge on any atom is -0.508 e. The van der Waals surface area contributed by atoms with Crippen LogP contribution in [-0.2, 0) is 10.0 Å². The molecular weight excluding hydrogens is 330 g/mol. The lowest BCUT2D eigenvalue weighted by molar-refractivity contribution is 0.0998. The zero-order valence-corrected chi connectivity index (χ0v) is 13.4. The van der Waals surface area contributed by atoms with Gasteiger partial charge in [-0.2, -0.15) is 0 Å². The van der Waals surface area contributed by atoms with E-state index >= 15 is 0 Å². The second kappa shape index (κ2) is 6.10. The lowest BCUT2D eigenvalue weighted by Gasteiger charge is -2.30. The molecule has 3 rings (SSSR count). The molecule has 1 heterocycles. The van der Waals surface area contributed by atoms with Crippen LogP contribution in [0.25, 0.3) is 6.08 Å². The molecule has 0 radical (unpaired) electrons. The van der Waals surface area contributed by atoms with Gasteiger partial charge in [0.15, 0.2) is 0 Å². The molecule has 2 N–H and O–H groups in total. The molecule has 0 fully saturated rings. The van der Waals surface area contributed by atoms with Crippen LogP contribution in [0.1, 0.15) is 15.9 Å². The van der Waals surface area contributed by atoms with Gasteiger partial charge in [-0.1, -0.05) is 24.3 Å². The van der Waals surface area contributed by atoms with Crippen LogP contribution < -0.4 is 0 Å². The minimum atomic E-state index is -3.92. The van der Waals surface area contributed by atoms with Gasteiger partial charge in [-0.05, 0) is 35.9 Å². The Labute approximate surface area is 139 Å². The number of aromatic hydroxyl groups is 1. The Balaban J connectivity index is 2.20. The van der Waals surface area contributed by atoms with E-state index in [1.54, 1.807) is 24.3 Å². The highest BCUT2D eigenvalue weighted by Gasteiger charge is 2.38. The fourth-order valence-electron chi connectivity index (χ4n) is 2.58. The number of ketones is 1. The molecule has 0 aliphatic carbocycles. The highest BCUT2D eigenvalue weighted by Crippen LogP contribution is 2.32. The van der Waals surface area contributed by atoms with E-state index in [0.29, 0.717) is 5.56 Å². The Morgan fingerprint density at radius 3 is 2.38 bits per heavy atom. The fraction of sp³-hybridized carbons (Fsp3) is 0.118. The van der Waals surface area contributed by atoms with E-state index in [1.807, 2.05) is 0 Å². The predicted octanol–water partition coefficient (Wildman–Crippen LogP) is 1.61. The van der Waals surface area contributed by atoms with Crippen LogP contribution in [-0.4, -0.2) is 41.9 Å². The van der Waals surface area contributed by atoms with Gasteiger partial charge in [0.05, 0.1) is 18.0 Å². The van der Waals surface area contributed by atoms with E-state index in [2.05, 4.69) is 0 Å². The molecule has 0 saturated heterocycles. The van der Waals surface area contributed by atoms with Crippen molar-refractivity contribution in [3.8, 4) is 5.75 Å². The minimum absolute atomic E-state index is 0.0339. The van der Waals surface area contributed by atoms with Crippen molar-refractivity contribution in [2.24, 2.45) is 0 Å². The average Bonchev–Trinajstić information content (AvgIpc) is 2.58. The van der Waals surface area contributed by atoms with Gasteiger partial charge in [-0.15, -0.1) is 0 Å². The molecule has 0 amide bonds. The predicted molar refractivity (Wildman–Crippen MR) is 87.8 cm³/mol. The molecule has 0 saturated carbocycles. The molecule has 0 aromatic heterocycles. The third-order valence-electron chi connectivity index (χ3n) is 3.70. The quantitative estimate of drug-likeness (QED) is 0.824. The summed E-state index contributed by atoms with van der Waals surface area (Å²) in [5.74, 6) is -0.362. The maximum Gasteiger partial charge on any atom is 0.265 e. The van der Waals surface area contributed by atoms with Crippen LogP contribution >= 0.6 is 0 Å². The number of β-amino-alcohol motifs (C(OH)–C–C–N with tert-alkyl or cyclic N) is 1. The summed E-state index contributed by atoms with van der Waals surface area (Å²) >= 11 is 0. The number of hydrogen-bond donors (Lipinski definition) is 2. The van der Waals surface area contributed by atoms with Crippen LogP contribution in [0.5, 0.6) is 5.75 Å². The van der Waals surface area contributed by atoms with Crippen LogP contribution in [0.3, 0.4) is 0 Å². The lowest BCUT2D eigenvalue weighted by atomic mass is 10.1. The van der Waals surface area contributed by atoms with Crippen LogP contribution in [0.15, 0.2) is 59.1 Å². The number of nitrogens with zero attached hydrogens (tertiary/aromatic N) is 1. The zero-order valence-electron chi connectivity index (χ0n) is 12.6. The molecule has 0 unspecified atom stereocenters. The van der Waals surface area contributed by atoms with Crippen molar-refractivity contribution < 1.29 is 23.4 Å². The van der Waals surface area contributed by atoms with E-state index in [9.17, 15) is 23.4 Å². The normalized spacial score (nSPS) is 17.8. The smallest absolute Gasteiger partial charge is 0.265 e. The van der Waals surface area contributed by atoms with Gasteiger partial charge in [0.25, 0.3) is 10.0 Å². The van der Waals surface area contributed by atoms with E-state index in [0.717, 1.165) is 4.31 Å². The van der Waals surface area contributed by atoms with E-state index in [4.69, 9.17) is 0 Å². The maximum absolute atomic E-state index is 12.8. The number of aliphatic hydroxyl groups excluding tert-OH is 1. The number of sulfonamides is 1. The van der Waals surface area contributed by atoms with Gasteiger partial charge in [0.1, 0.15) is 11.4 Å². The number of carbonyl (C=O) groups is 1. The van der Waals surface area contributed by atoms with Gasteiger partial charge in [-0.3, -0.25) is 9.10 Å². The van der Waals surface area contributed by atoms with Gasteiger partial charge in [0, 0.05) is 5.56 Å². The van der Waals surface area contributed by atoms with Crippen LogP contribution in [0.4, 0.5) is 0 Å². The SMILES string of the molecule is O=C1C(=Cc2ccc(O)cc2)N(CCO)S(=O)(=O)c2ccccc21. The van der Waals surface area contributed by atoms with E-state index in [-0.39, 0.29) is 28.5 Å². The number of Topliss-reactive ketones (excluding diaryl/α,β-unsaturated/α-hetero) is 1. The fourth-order valence-corrected chi connectivity index (χ4v) is 4.22. The van der Waals surface area contributed by atoms with Crippen molar-refractivity contribution in [2.75, 3.05) is 13.2 Å². The highest BCUT2D eigenvalue weighted by atomic mass is 32.2. The van der Waals surface area contributed by atoms with E-state index in [1.165, 1.54) is 30.3 Å². The van der Waals surface area contributed by atoms with Crippen molar-refractivity contribution in [3.63, 3.8) is 0 Å². The maximum atomic E-state index is 12.8. The Kier molecular flexibility index (Phi) is 4.13. The number of carbonyl (C=O) groups excluding carboxylic acids is 1. The summed E-state index contributed by atoms with van der Waals surface area (Å²) < 4.78 is 26.5. The second-order valence-electron chi connectivity index (χ2n) is 5.25. The Hall–Kier alpha value is -2.64. The first-order valence-corrected chi connectivity index (χ1v) is 8.67. The number of allylic oxidation sites excluding steroid dienone is 1. The largest absolute Gasteiger partial charge is 0.508 e. The number of hydrogen-bond acceptors (Lipinski definition) is 5. The molecule has 2 aromatic carbocycles. The molecule has 0 atom stereocenters. The third kappa shape index (κ3) is 2.68. The molecule has 6 nitrogen and oxygen atoms in total. The highest BCUT2D eigenvalue weighted by molar-refractivity contribution is 7.89. The van der Waals surface area contributed by atoms with Gasteiger partial charge < -0.3 is 10.2 Å². The molecule has 0 spiro atoms. The molecule has 1 aliphatic rings. The topological polar surface area (TPSA) is 94.9 Å². The third-order valence-corrected chi connectivity index (χ3v) is 5.57. The summed E-state index contributed by atoms with van der Waals surface area (Å²) in [6.45, 7) is -0.631. The summed E-state index contributed by atoms with van der Waals surface area (Å²) in [5, 5.41) is 18.6. The molecule has 0 bridgehead atoms. The van der Waals surface area contributed by atoms with Crippen molar-refractivity contribution in [3.05, 3.63) is 65.4 Å². The summed E-state index contributed by atoms with van der Waals surface area (Å²) in [5.41, 5.74) is 0.638. The lowest BCUT2D eigenvalue weighted by Crippen LogP contribution is -2.40. The second-order valence-corrected chi connectivity index (χ2v) is 7.08. The molecule has 124 valence electrons. The Morgan fingerprint density at radius 1 is 1.04 bits per heavy atom. The molecule has 7 heteroatoms. The standard InChI is InChI=1S/C17H15NO5S/c19-10-9-18-15(11-12-5-7-13(20)8-6-12)17(21)14-3-1-2-4-16(14)24(18,22)23/h1-8,11,19-20H,9-10H2. The van der Waals surface area contributed by atoms with Crippen LogP contribution in [0, 0.1) is 0 Å². The molecule has 24 heavy (non-hydrogen) atoms. The first-order valence-electron chi connectivity index (χ1n) is 7.23. The average molecular weight is 345 g/mol. The first kappa shape index (κ1) is 16.2. The zero-order chi connectivity index (χ0) is 17.3. The number of phenols is 1. The van der Waals surface area contributed by atoms with E-state index < -0.39 is 22.4 Å². The summed E-state index contributed by atoms with van der Waals surface area (Å²) in [6, 6.07) is 12.0. The van der Waals surface area contributed by atoms with Crippen molar-refractivity contribution in [1.29, 1.82) is 0 Å². The van der Waals surface area contributed by atoms with Crippen molar-refractivity contribution in [1.82, 2.24) is 4.31 Å². The van der Waals surface area contributed by atoms with Gasteiger partial charge in [0.2, 0.25) is 5.78 Å². The van der Waals surface area contributed by atoms with Crippen molar-refractivity contribution in [2.45, 2.75) is 4.90 Å². The summed E-state index contributed by atoms with van der Waals surface area (Å²) in [6.07, 6.45) is 1.44. The summed E-state index contributed by atoms with van der Waals surface area (Å²) in [7, 11) is -3.92. The number of rotatable bonds is 3. The summed E-state index contributed by atoms with van der Waals surface area (Å²) in [4.78, 5) is 12.7. The van der Waals surface area contributed by atoms with Gasteiger partial charge >= 0.3 is 0 Å². The Bertz CT molecular complexity index is 916. The molecular formula is C17H15NO5S. The number of fused-ring (bicyclic) bond motifs is 1. The molecule has 1 aliphatic heterocycles. The van der Waals surface area contributed by atoms with Crippen molar-refractivity contribution >= 4 is 21.9 Å². The Morgan fingerprint density at radius 2 is 1.71 bits per heavy atom. The number of phenolic OH excluding ortho intramolecular Hbond substituents is 1. The van der Waals surface area contributed by atoms with Gasteiger partial charge in [-0.25, -0.2) is 8.42 Å². The number of benzene rings is 2.